The van der Waals surface area contributed by atoms with Gasteiger partial charge in [0.2, 0.25) is 11.8 Å². The third-order valence-corrected chi connectivity index (χ3v) is 8.97. The number of amides is 2. The van der Waals surface area contributed by atoms with E-state index < -0.39 is 40.4 Å². The van der Waals surface area contributed by atoms with Crippen LogP contribution in [0.2, 0.25) is 0 Å². The second kappa shape index (κ2) is 10.3. The minimum absolute atomic E-state index is 0.0246. The summed E-state index contributed by atoms with van der Waals surface area (Å²) in [5.41, 5.74) is 2.21. The van der Waals surface area contributed by atoms with E-state index in [9.17, 15) is 34.4 Å². The molecule has 11 heteroatoms. The van der Waals surface area contributed by atoms with Crippen LogP contribution in [-0.2, 0) is 19.2 Å². The van der Waals surface area contributed by atoms with E-state index in [2.05, 4.69) is 15.9 Å². The maximum Gasteiger partial charge on any atom is 0.269 e. The van der Waals surface area contributed by atoms with Gasteiger partial charge in [-0.05, 0) is 64.5 Å². The number of allylic oxidation sites excluding steroid dienone is 7. The van der Waals surface area contributed by atoms with Gasteiger partial charge in [-0.25, -0.2) is 0 Å². The zero-order valence-corrected chi connectivity index (χ0v) is 23.7. The number of carbonyl (C=O) groups is 4. The molecule has 0 spiro atoms. The first-order valence-corrected chi connectivity index (χ1v) is 14.0. The first kappa shape index (κ1) is 27.5. The molecule has 3 aliphatic carbocycles. The monoisotopic (exact) mass is 630 g/mol. The van der Waals surface area contributed by atoms with Crippen LogP contribution in [0, 0.1) is 33.8 Å². The van der Waals surface area contributed by atoms with Crippen LogP contribution in [0.5, 0.6) is 11.5 Å². The lowest BCUT2D eigenvalue weighted by atomic mass is 9.61. The Kier molecular flexibility index (Phi) is 6.77. The first-order valence-electron chi connectivity index (χ1n) is 13.2. The summed E-state index contributed by atoms with van der Waals surface area (Å²) in [4.78, 5) is 65.6. The normalized spacial score (nSPS) is 25.2. The van der Waals surface area contributed by atoms with Gasteiger partial charge in [0.25, 0.3) is 5.69 Å². The number of fused-ring (bicyclic) bond motifs is 3. The number of anilines is 1. The Morgan fingerprint density at radius 2 is 1.81 bits per heavy atom. The van der Waals surface area contributed by atoms with Gasteiger partial charge in [0.1, 0.15) is 0 Å². The number of benzene rings is 2. The Morgan fingerprint density at radius 3 is 2.50 bits per heavy atom. The largest absolute Gasteiger partial charge is 0.504 e. The van der Waals surface area contributed by atoms with Crippen molar-refractivity contribution in [2.24, 2.45) is 23.7 Å². The van der Waals surface area contributed by atoms with Crippen LogP contribution in [0.25, 0.3) is 6.08 Å². The summed E-state index contributed by atoms with van der Waals surface area (Å²) in [6.45, 7) is 0. The summed E-state index contributed by atoms with van der Waals surface area (Å²) in [6, 6.07) is 10.1. The molecule has 212 valence electrons. The molecule has 10 nitrogen and oxygen atoms in total. The van der Waals surface area contributed by atoms with Crippen molar-refractivity contribution in [2.75, 3.05) is 12.0 Å². The summed E-state index contributed by atoms with van der Waals surface area (Å²) in [7, 11) is 1.44. The third kappa shape index (κ3) is 4.32. The van der Waals surface area contributed by atoms with Crippen LogP contribution < -0.4 is 9.64 Å². The second-order valence-corrected chi connectivity index (χ2v) is 11.4. The van der Waals surface area contributed by atoms with E-state index >= 15 is 0 Å². The van der Waals surface area contributed by atoms with E-state index in [1.54, 1.807) is 24.3 Å². The predicted octanol–water partition coefficient (Wildman–Crippen LogP) is 4.82. The first-order chi connectivity index (χ1) is 20.1. The highest BCUT2D eigenvalue weighted by Crippen LogP contribution is 2.53. The number of phenolic OH excluding ortho intramolecular Hbond substituents is 1. The predicted molar refractivity (Wildman–Crippen MR) is 155 cm³/mol. The van der Waals surface area contributed by atoms with Crippen molar-refractivity contribution in [1.29, 1.82) is 0 Å². The number of methoxy groups -OCH3 is 1. The number of aromatic hydroxyl groups is 1. The zero-order chi connectivity index (χ0) is 29.9. The molecule has 0 saturated carbocycles. The number of Topliss-reactive ketones (excluding diaryl/α,β-unsaturated/α-hetero) is 1. The summed E-state index contributed by atoms with van der Waals surface area (Å²) in [5, 5.41) is 21.1. The van der Waals surface area contributed by atoms with E-state index in [0.29, 0.717) is 16.7 Å². The average Bonchev–Trinajstić information content (AvgIpc) is 3.24. The molecule has 42 heavy (non-hydrogen) atoms. The number of phenols is 1. The smallest absolute Gasteiger partial charge is 0.269 e. The summed E-state index contributed by atoms with van der Waals surface area (Å²) < 4.78 is 5.34. The molecule has 4 aliphatic rings. The molecular weight excluding hydrogens is 608 g/mol. The van der Waals surface area contributed by atoms with Crippen molar-refractivity contribution >= 4 is 56.8 Å². The number of carbonyl (C=O) groups excluding carboxylic acids is 4. The van der Waals surface area contributed by atoms with Crippen LogP contribution in [0.4, 0.5) is 11.4 Å². The highest BCUT2D eigenvalue weighted by Gasteiger charge is 2.56. The SMILES string of the molecule is COc1cc(C=C[C@H]2C3=CC[C@@H]4C(=O)N(c5ccc([N+](=O)[O-])cc5)C(=O)[C@@H]4[C@@H]3CC3=C2C(=O)C=C(Br)C3=O)ccc1O. The zero-order valence-electron chi connectivity index (χ0n) is 22.2. The van der Waals surface area contributed by atoms with Crippen LogP contribution in [-0.4, -0.2) is 40.5 Å². The number of ketones is 2. The number of rotatable bonds is 5. The Hall–Kier alpha value is -4.64. The number of non-ortho nitro benzene ring substituents is 1. The molecule has 1 saturated heterocycles. The molecule has 0 radical (unpaired) electrons. The molecule has 1 N–H and O–H groups in total. The quantitative estimate of drug-likeness (QED) is 0.163. The fourth-order valence-electron chi connectivity index (χ4n) is 6.47. The van der Waals surface area contributed by atoms with Gasteiger partial charge in [-0.2, -0.15) is 0 Å². The Bertz CT molecular complexity index is 1720. The van der Waals surface area contributed by atoms with Gasteiger partial charge < -0.3 is 9.84 Å². The van der Waals surface area contributed by atoms with Crippen LogP contribution in [0.3, 0.4) is 0 Å². The van der Waals surface area contributed by atoms with Gasteiger partial charge in [-0.1, -0.05) is 29.9 Å². The van der Waals surface area contributed by atoms with E-state index in [-0.39, 0.29) is 51.8 Å². The highest BCUT2D eigenvalue weighted by molar-refractivity contribution is 9.12. The fraction of sp³-hybridized carbons (Fsp3) is 0.226. The van der Waals surface area contributed by atoms with Crippen molar-refractivity contribution in [2.45, 2.75) is 12.8 Å². The van der Waals surface area contributed by atoms with Gasteiger partial charge in [0.05, 0.1) is 34.0 Å². The average molecular weight is 631 g/mol. The standard InChI is InChI=1S/C31H23BrN2O8/c1-42-26-12-15(3-11-24(26)35)2-8-19-18-9-10-20-28(21(18)13-22-27(19)25(36)14-23(32)29(22)37)31(39)33(30(20)38)16-4-6-17(7-5-16)34(40)41/h2-9,11-12,14,19-21,28,35H,10,13H2,1H3/t19-,20-,21+,28-/m0/s1. The van der Waals surface area contributed by atoms with E-state index in [1.807, 2.05) is 6.08 Å². The van der Waals surface area contributed by atoms with Crippen molar-refractivity contribution in [3.8, 4) is 11.5 Å². The highest BCUT2D eigenvalue weighted by atomic mass is 79.9. The number of nitro groups is 1. The second-order valence-electron chi connectivity index (χ2n) is 10.5. The summed E-state index contributed by atoms with van der Waals surface area (Å²) >= 11 is 3.21. The Labute approximate surface area is 247 Å². The molecular formula is C31H23BrN2O8. The molecule has 6 rings (SSSR count). The molecule has 0 bridgehead atoms. The van der Waals surface area contributed by atoms with Crippen molar-refractivity contribution in [3.63, 3.8) is 0 Å². The van der Waals surface area contributed by atoms with Crippen LogP contribution in [0.15, 0.2) is 81.9 Å². The molecule has 4 atom stereocenters. The maximum absolute atomic E-state index is 13.9. The number of imide groups is 1. The van der Waals surface area contributed by atoms with Gasteiger partial charge in [0, 0.05) is 35.3 Å². The lowest BCUT2D eigenvalue weighted by Gasteiger charge is -2.41. The van der Waals surface area contributed by atoms with Gasteiger partial charge in [0.15, 0.2) is 23.1 Å². The fourth-order valence-corrected chi connectivity index (χ4v) is 6.91. The van der Waals surface area contributed by atoms with Gasteiger partial charge >= 0.3 is 0 Å². The van der Waals surface area contributed by atoms with Crippen LogP contribution >= 0.6 is 15.9 Å². The van der Waals surface area contributed by atoms with Crippen molar-refractivity contribution in [3.05, 3.63) is 97.6 Å². The third-order valence-electron chi connectivity index (χ3n) is 8.38. The Morgan fingerprint density at radius 1 is 1.07 bits per heavy atom. The van der Waals surface area contributed by atoms with E-state index in [0.717, 1.165) is 10.5 Å². The topological polar surface area (TPSA) is 144 Å². The van der Waals surface area contributed by atoms with Crippen molar-refractivity contribution < 1.29 is 33.9 Å². The number of hydrogen-bond acceptors (Lipinski definition) is 8. The lowest BCUT2D eigenvalue weighted by Crippen LogP contribution is -2.40. The number of nitrogens with zero attached hydrogens (tertiary/aromatic N) is 2. The Balaban J connectivity index is 1.40. The van der Waals surface area contributed by atoms with E-state index in [1.165, 1.54) is 43.5 Å². The summed E-state index contributed by atoms with van der Waals surface area (Å²) in [5.74, 6) is -3.79. The molecule has 1 fully saturated rings. The molecule has 2 aromatic carbocycles. The molecule has 1 aliphatic heterocycles. The summed E-state index contributed by atoms with van der Waals surface area (Å²) in [6.07, 6.45) is 7.12. The number of nitro benzene ring substituents is 1. The minimum Gasteiger partial charge on any atom is -0.504 e. The van der Waals surface area contributed by atoms with Crippen molar-refractivity contribution in [1.82, 2.24) is 0 Å². The number of halogens is 1. The molecule has 2 amide bonds. The van der Waals surface area contributed by atoms with Gasteiger partial charge in [-0.3, -0.25) is 34.2 Å². The lowest BCUT2D eigenvalue weighted by molar-refractivity contribution is -0.384. The van der Waals surface area contributed by atoms with Crippen LogP contribution in [0.1, 0.15) is 18.4 Å². The van der Waals surface area contributed by atoms with Gasteiger partial charge in [-0.15, -0.1) is 0 Å². The molecule has 0 unspecified atom stereocenters. The molecule has 2 aromatic rings. The van der Waals surface area contributed by atoms with E-state index in [4.69, 9.17) is 4.74 Å². The maximum atomic E-state index is 13.9. The molecule has 0 aromatic heterocycles. The minimum atomic E-state index is -0.765. The number of hydrogen-bond donors (Lipinski definition) is 1. The molecule has 1 heterocycles. The number of ether oxygens (including phenoxy) is 1.